The maximum atomic E-state index is 12.2. The van der Waals surface area contributed by atoms with Crippen LogP contribution in [-0.4, -0.2) is 46.1 Å². The van der Waals surface area contributed by atoms with Crippen molar-refractivity contribution in [2.24, 2.45) is 0 Å². The number of hydrogen-bond acceptors (Lipinski definition) is 8. The Morgan fingerprint density at radius 1 is 1.22 bits per heavy atom. The molecule has 1 N–H and O–H groups in total. The van der Waals surface area contributed by atoms with Gasteiger partial charge in [-0.05, 0) is 39.8 Å². The van der Waals surface area contributed by atoms with Crippen molar-refractivity contribution in [1.29, 1.82) is 0 Å². The number of amides is 1. The van der Waals surface area contributed by atoms with Crippen molar-refractivity contribution in [2.75, 3.05) is 12.4 Å². The van der Waals surface area contributed by atoms with E-state index in [1.54, 1.807) is 27.7 Å². The van der Waals surface area contributed by atoms with Crippen molar-refractivity contribution in [3.05, 3.63) is 39.9 Å². The molecule has 0 bridgehead atoms. The average molecular weight is 398 g/mol. The standard InChI is InChI=1S/C17H22N2O7S/c1-5-25-14(20)13(18-16(22)26-17(2,3)4)10-27-15(21)11-6-8-12(9-7-11)19(23)24/h6-9,13H,5,10H2,1-4H3,(H,18,22). The van der Waals surface area contributed by atoms with Crippen molar-refractivity contribution in [2.45, 2.75) is 39.3 Å². The molecule has 0 radical (unpaired) electrons. The Morgan fingerprint density at radius 3 is 2.30 bits per heavy atom. The molecule has 0 aliphatic heterocycles. The highest BCUT2D eigenvalue weighted by Crippen LogP contribution is 2.18. The van der Waals surface area contributed by atoms with E-state index in [9.17, 15) is 24.5 Å². The van der Waals surface area contributed by atoms with Gasteiger partial charge in [0.1, 0.15) is 11.6 Å². The van der Waals surface area contributed by atoms with Crippen LogP contribution >= 0.6 is 11.8 Å². The molecule has 1 aromatic carbocycles. The molecule has 148 valence electrons. The van der Waals surface area contributed by atoms with E-state index in [-0.39, 0.29) is 23.6 Å². The zero-order valence-electron chi connectivity index (χ0n) is 15.5. The molecule has 1 rings (SSSR count). The van der Waals surface area contributed by atoms with Gasteiger partial charge in [0.05, 0.1) is 11.5 Å². The lowest BCUT2D eigenvalue weighted by atomic mass is 10.2. The molecular formula is C17H22N2O7S. The summed E-state index contributed by atoms with van der Waals surface area (Å²) in [5, 5.41) is 12.6. The number of nitrogens with one attached hydrogen (secondary N) is 1. The van der Waals surface area contributed by atoms with Gasteiger partial charge in [0.15, 0.2) is 0 Å². The van der Waals surface area contributed by atoms with Gasteiger partial charge in [0.25, 0.3) is 5.69 Å². The topological polar surface area (TPSA) is 125 Å². The van der Waals surface area contributed by atoms with Gasteiger partial charge in [-0.25, -0.2) is 9.59 Å². The first-order chi connectivity index (χ1) is 12.5. The summed E-state index contributed by atoms with van der Waals surface area (Å²) in [7, 11) is 0. The van der Waals surface area contributed by atoms with Crippen molar-refractivity contribution >= 4 is 34.6 Å². The van der Waals surface area contributed by atoms with Crippen LogP contribution in [0.1, 0.15) is 38.1 Å². The summed E-state index contributed by atoms with van der Waals surface area (Å²) < 4.78 is 10.0. The maximum Gasteiger partial charge on any atom is 0.408 e. The van der Waals surface area contributed by atoms with Crippen LogP contribution in [0.3, 0.4) is 0 Å². The summed E-state index contributed by atoms with van der Waals surface area (Å²) >= 11 is 0.786. The number of rotatable bonds is 7. The lowest BCUT2D eigenvalue weighted by molar-refractivity contribution is -0.384. The van der Waals surface area contributed by atoms with E-state index in [0.717, 1.165) is 11.8 Å². The quantitative estimate of drug-likeness (QED) is 0.422. The number of thioether (sulfide) groups is 1. The van der Waals surface area contributed by atoms with E-state index >= 15 is 0 Å². The van der Waals surface area contributed by atoms with Gasteiger partial charge in [-0.1, -0.05) is 11.8 Å². The van der Waals surface area contributed by atoms with E-state index in [1.165, 1.54) is 24.3 Å². The Balaban J connectivity index is 2.74. The van der Waals surface area contributed by atoms with E-state index < -0.39 is 33.7 Å². The number of nitro groups is 1. The van der Waals surface area contributed by atoms with Gasteiger partial charge < -0.3 is 14.8 Å². The number of alkyl carbamates (subject to hydrolysis) is 1. The van der Waals surface area contributed by atoms with Crippen LogP contribution < -0.4 is 5.32 Å². The Kier molecular flexibility index (Phi) is 8.23. The summed E-state index contributed by atoms with van der Waals surface area (Å²) in [5.41, 5.74) is -0.636. The Labute approximate surface area is 160 Å². The molecule has 0 aromatic heterocycles. The third-order valence-electron chi connectivity index (χ3n) is 2.96. The first-order valence-corrected chi connectivity index (χ1v) is 9.09. The second-order valence-electron chi connectivity index (χ2n) is 6.35. The van der Waals surface area contributed by atoms with Gasteiger partial charge in [0, 0.05) is 23.4 Å². The number of benzene rings is 1. The molecule has 0 fully saturated rings. The molecule has 1 aromatic rings. The molecule has 0 aliphatic carbocycles. The average Bonchev–Trinajstić information content (AvgIpc) is 2.56. The van der Waals surface area contributed by atoms with Crippen LogP contribution in [0.2, 0.25) is 0 Å². The minimum atomic E-state index is -1.08. The van der Waals surface area contributed by atoms with E-state index in [0.29, 0.717) is 0 Å². The second kappa shape index (κ2) is 9.91. The Morgan fingerprint density at radius 2 is 1.81 bits per heavy atom. The summed E-state index contributed by atoms with van der Waals surface area (Å²) in [6.45, 7) is 6.78. The fraction of sp³-hybridized carbons (Fsp3) is 0.471. The largest absolute Gasteiger partial charge is 0.464 e. The van der Waals surface area contributed by atoms with Crippen LogP contribution in [0.15, 0.2) is 24.3 Å². The first kappa shape index (κ1) is 22.4. The lowest BCUT2D eigenvalue weighted by Gasteiger charge is -2.22. The van der Waals surface area contributed by atoms with Crippen LogP contribution in [0.4, 0.5) is 10.5 Å². The number of carbonyl (C=O) groups excluding carboxylic acids is 3. The van der Waals surface area contributed by atoms with Gasteiger partial charge >= 0.3 is 12.1 Å². The molecule has 1 amide bonds. The maximum absolute atomic E-state index is 12.2. The molecule has 0 saturated heterocycles. The number of nitrogens with zero attached hydrogens (tertiary/aromatic N) is 1. The van der Waals surface area contributed by atoms with E-state index in [1.807, 2.05) is 0 Å². The van der Waals surface area contributed by atoms with Crippen LogP contribution in [0, 0.1) is 10.1 Å². The third-order valence-corrected chi connectivity index (χ3v) is 3.95. The summed E-state index contributed by atoms with van der Waals surface area (Å²) in [5.74, 6) is -0.763. The molecule has 0 aliphatic rings. The Bertz CT molecular complexity index is 698. The first-order valence-electron chi connectivity index (χ1n) is 8.11. The van der Waals surface area contributed by atoms with E-state index in [2.05, 4.69) is 5.32 Å². The molecule has 0 spiro atoms. The molecule has 1 atom stereocenters. The summed E-state index contributed by atoms with van der Waals surface area (Å²) in [6, 6.07) is 4.01. The summed E-state index contributed by atoms with van der Waals surface area (Å²) in [4.78, 5) is 46.2. The molecule has 0 heterocycles. The molecular weight excluding hydrogens is 376 g/mol. The predicted octanol–water partition coefficient (Wildman–Crippen LogP) is 2.92. The minimum absolute atomic E-state index is 0.0755. The molecule has 27 heavy (non-hydrogen) atoms. The fourth-order valence-corrected chi connectivity index (χ4v) is 2.66. The zero-order valence-corrected chi connectivity index (χ0v) is 16.3. The van der Waals surface area contributed by atoms with Crippen molar-refractivity contribution in [1.82, 2.24) is 5.32 Å². The number of hydrogen-bond donors (Lipinski definition) is 1. The highest BCUT2D eigenvalue weighted by atomic mass is 32.2. The molecule has 1 unspecified atom stereocenters. The third kappa shape index (κ3) is 8.07. The van der Waals surface area contributed by atoms with Crippen molar-refractivity contribution in [3.8, 4) is 0 Å². The number of esters is 1. The molecule has 9 nitrogen and oxygen atoms in total. The normalized spacial score (nSPS) is 12.0. The summed E-state index contributed by atoms with van der Waals surface area (Å²) in [6.07, 6.45) is -0.802. The van der Waals surface area contributed by atoms with Crippen LogP contribution in [0.5, 0.6) is 0 Å². The van der Waals surface area contributed by atoms with Gasteiger partial charge in [-0.15, -0.1) is 0 Å². The van der Waals surface area contributed by atoms with Crippen molar-refractivity contribution < 1.29 is 28.8 Å². The minimum Gasteiger partial charge on any atom is -0.464 e. The SMILES string of the molecule is CCOC(=O)C(CSC(=O)c1ccc([N+](=O)[O-])cc1)NC(=O)OC(C)(C)C. The monoisotopic (exact) mass is 398 g/mol. The molecule has 10 heteroatoms. The predicted molar refractivity (Wildman–Crippen MR) is 99.7 cm³/mol. The van der Waals surface area contributed by atoms with Crippen molar-refractivity contribution in [3.63, 3.8) is 0 Å². The highest BCUT2D eigenvalue weighted by Gasteiger charge is 2.26. The van der Waals surface area contributed by atoms with Crippen LogP contribution in [0.25, 0.3) is 0 Å². The number of ether oxygens (including phenoxy) is 2. The fourth-order valence-electron chi connectivity index (χ4n) is 1.82. The number of non-ortho nitro benzene ring substituents is 1. The van der Waals surface area contributed by atoms with Gasteiger partial charge in [0.2, 0.25) is 5.12 Å². The van der Waals surface area contributed by atoms with Gasteiger partial charge in [-0.3, -0.25) is 14.9 Å². The second-order valence-corrected chi connectivity index (χ2v) is 7.35. The smallest absolute Gasteiger partial charge is 0.408 e. The Hall–Kier alpha value is -2.62. The lowest BCUT2D eigenvalue weighted by Crippen LogP contribution is -2.46. The van der Waals surface area contributed by atoms with Crippen LogP contribution in [-0.2, 0) is 14.3 Å². The highest BCUT2D eigenvalue weighted by molar-refractivity contribution is 8.14. The zero-order chi connectivity index (χ0) is 20.6. The van der Waals surface area contributed by atoms with Gasteiger partial charge in [-0.2, -0.15) is 0 Å². The van der Waals surface area contributed by atoms with E-state index in [4.69, 9.17) is 9.47 Å². The number of carbonyl (C=O) groups is 3. The number of nitro benzene ring substituents is 1. The molecule has 0 saturated carbocycles.